The molecule has 0 amide bonds. The molecule has 3 unspecified atom stereocenters. The van der Waals surface area contributed by atoms with Gasteiger partial charge in [0.2, 0.25) is 0 Å². The zero-order valence-corrected chi connectivity index (χ0v) is 14.1. The Balaban J connectivity index is 2.01. The van der Waals surface area contributed by atoms with Crippen molar-refractivity contribution in [2.75, 3.05) is 45.9 Å². The van der Waals surface area contributed by atoms with Gasteiger partial charge in [-0.2, -0.15) is 0 Å². The fourth-order valence-corrected chi connectivity index (χ4v) is 4.23. The van der Waals surface area contributed by atoms with Gasteiger partial charge in [0.05, 0.1) is 0 Å². The minimum Gasteiger partial charge on any atom is -0.396 e. The molecule has 0 aromatic heterocycles. The lowest BCUT2D eigenvalue weighted by molar-refractivity contribution is 0.0242. The van der Waals surface area contributed by atoms with Crippen LogP contribution in [0, 0.1) is 5.92 Å². The van der Waals surface area contributed by atoms with E-state index in [0.29, 0.717) is 18.7 Å². The molecule has 21 heavy (non-hydrogen) atoms. The van der Waals surface area contributed by atoms with Crippen molar-refractivity contribution in [1.29, 1.82) is 0 Å². The Kier molecular flexibility index (Phi) is 7.44. The van der Waals surface area contributed by atoms with Crippen molar-refractivity contribution in [3.05, 3.63) is 0 Å². The molecular weight excluding hydrogens is 262 g/mol. The fraction of sp³-hybridized carbons (Fsp3) is 1.00. The van der Waals surface area contributed by atoms with Crippen molar-refractivity contribution in [1.82, 2.24) is 15.1 Å². The molecule has 2 saturated heterocycles. The molecule has 4 nitrogen and oxygen atoms in total. The minimum absolute atomic E-state index is 0.335. The molecule has 0 saturated carbocycles. The van der Waals surface area contributed by atoms with Crippen molar-refractivity contribution in [2.24, 2.45) is 5.92 Å². The Morgan fingerprint density at radius 3 is 2.71 bits per heavy atom. The Labute approximate surface area is 130 Å². The van der Waals surface area contributed by atoms with Gasteiger partial charge in [-0.05, 0) is 57.8 Å². The number of hydrogen-bond donors (Lipinski definition) is 2. The summed E-state index contributed by atoms with van der Waals surface area (Å²) in [4.78, 5) is 5.31. The summed E-state index contributed by atoms with van der Waals surface area (Å²) in [5.74, 6) is 0.783. The number of nitrogens with one attached hydrogen (secondary N) is 1. The van der Waals surface area contributed by atoms with Crippen LogP contribution in [0.5, 0.6) is 0 Å². The Hall–Kier alpha value is -0.160. The average molecular weight is 297 g/mol. The van der Waals surface area contributed by atoms with Gasteiger partial charge < -0.3 is 15.3 Å². The van der Waals surface area contributed by atoms with E-state index in [1.165, 1.54) is 45.3 Å². The van der Waals surface area contributed by atoms with Crippen LogP contribution in [-0.2, 0) is 0 Å². The van der Waals surface area contributed by atoms with E-state index in [1.54, 1.807) is 0 Å². The molecule has 0 spiro atoms. The van der Waals surface area contributed by atoms with Crippen LogP contribution in [0.4, 0.5) is 0 Å². The SMILES string of the molecule is CCN(CC)CC1CCNCC1N1CCCCC1CCO. The summed E-state index contributed by atoms with van der Waals surface area (Å²) in [7, 11) is 0. The summed E-state index contributed by atoms with van der Waals surface area (Å²) in [6.07, 6.45) is 6.19. The quantitative estimate of drug-likeness (QED) is 0.748. The van der Waals surface area contributed by atoms with Crippen LogP contribution in [0.2, 0.25) is 0 Å². The molecule has 0 bridgehead atoms. The van der Waals surface area contributed by atoms with Crippen LogP contribution < -0.4 is 5.32 Å². The van der Waals surface area contributed by atoms with Crippen LogP contribution in [0.1, 0.15) is 46.0 Å². The third-order valence-corrected chi connectivity index (χ3v) is 5.54. The predicted molar refractivity (Wildman–Crippen MR) is 88.6 cm³/mol. The van der Waals surface area contributed by atoms with E-state index >= 15 is 0 Å². The van der Waals surface area contributed by atoms with Gasteiger partial charge in [0.25, 0.3) is 0 Å². The molecule has 4 heteroatoms. The Morgan fingerprint density at radius 2 is 2.00 bits per heavy atom. The van der Waals surface area contributed by atoms with E-state index < -0.39 is 0 Å². The Morgan fingerprint density at radius 1 is 1.19 bits per heavy atom. The molecule has 0 aromatic rings. The van der Waals surface area contributed by atoms with Crippen LogP contribution in [0.15, 0.2) is 0 Å². The lowest BCUT2D eigenvalue weighted by Gasteiger charge is -2.47. The summed E-state index contributed by atoms with van der Waals surface area (Å²) in [5.41, 5.74) is 0. The monoisotopic (exact) mass is 297 g/mol. The van der Waals surface area contributed by atoms with Crippen molar-refractivity contribution in [2.45, 2.75) is 58.0 Å². The number of nitrogens with zero attached hydrogens (tertiary/aromatic N) is 2. The number of hydrogen-bond acceptors (Lipinski definition) is 4. The summed E-state index contributed by atoms with van der Waals surface area (Å²) in [6.45, 7) is 12.0. The number of rotatable bonds is 7. The first kappa shape index (κ1) is 17.2. The molecular formula is C17H35N3O. The second-order valence-corrected chi connectivity index (χ2v) is 6.71. The van der Waals surface area contributed by atoms with Gasteiger partial charge in [-0.25, -0.2) is 0 Å². The topological polar surface area (TPSA) is 38.7 Å². The first-order chi connectivity index (χ1) is 10.3. The van der Waals surface area contributed by atoms with Gasteiger partial charge in [-0.1, -0.05) is 20.3 Å². The number of piperidine rings is 2. The highest BCUT2D eigenvalue weighted by atomic mass is 16.3. The maximum absolute atomic E-state index is 9.37. The van der Waals surface area contributed by atoms with Gasteiger partial charge in [0.15, 0.2) is 0 Å². The van der Waals surface area contributed by atoms with Crippen LogP contribution >= 0.6 is 0 Å². The highest BCUT2D eigenvalue weighted by Gasteiger charge is 2.35. The molecule has 2 rings (SSSR count). The smallest absolute Gasteiger partial charge is 0.0445 e. The molecule has 0 radical (unpaired) electrons. The van der Waals surface area contributed by atoms with E-state index in [1.807, 2.05) is 0 Å². The van der Waals surface area contributed by atoms with Gasteiger partial charge in [-0.3, -0.25) is 4.90 Å². The van der Waals surface area contributed by atoms with Gasteiger partial charge in [-0.15, -0.1) is 0 Å². The van der Waals surface area contributed by atoms with Gasteiger partial charge in [0, 0.05) is 31.8 Å². The third-order valence-electron chi connectivity index (χ3n) is 5.54. The van der Waals surface area contributed by atoms with E-state index in [4.69, 9.17) is 0 Å². The zero-order valence-electron chi connectivity index (χ0n) is 14.1. The number of aliphatic hydroxyl groups excluding tert-OH is 1. The summed E-state index contributed by atoms with van der Waals surface area (Å²) < 4.78 is 0. The minimum atomic E-state index is 0.335. The molecule has 2 aliphatic heterocycles. The summed E-state index contributed by atoms with van der Waals surface area (Å²) in [5, 5.41) is 13.0. The van der Waals surface area contributed by atoms with Crippen molar-refractivity contribution >= 4 is 0 Å². The molecule has 2 aliphatic rings. The average Bonchev–Trinajstić information content (AvgIpc) is 2.54. The van der Waals surface area contributed by atoms with E-state index in [-0.39, 0.29) is 0 Å². The largest absolute Gasteiger partial charge is 0.396 e. The molecule has 2 fully saturated rings. The summed E-state index contributed by atoms with van der Waals surface area (Å²) >= 11 is 0. The lowest BCUT2D eigenvalue weighted by atomic mass is 9.87. The highest BCUT2D eigenvalue weighted by molar-refractivity contribution is 4.91. The molecule has 2 N–H and O–H groups in total. The maximum Gasteiger partial charge on any atom is 0.0445 e. The van der Waals surface area contributed by atoms with E-state index in [0.717, 1.165) is 32.0 Å². The lowest BCUT2D eigenvalue weighted by Crippen LogP contribution is -2.58. The second-order valence-electron chi connectivity index (χ2n) is 6.71. The number of aliphatic hydroxyl groups is 1. The van der Waals surface area contributed by atoms with Crippen LogP contribution in [-0.4, -0.2) is 72.9 Å². The molecule has 2 heterocycles. The van der Waals surface area contributed by atoms with E-state index in [9.17, 15) is 5.11 Å². The first-order valence-corrected chi connectivity index (χ1v) is 9.09. The fourth-order valence-electron chi connectivity index (χ4n) is 4.23. The molecule has 0 aromatic carbocycles. The number of likely N-dealkylation sites (tertiary alicyclic amines) is 1. The first-order valence-electron chi connectivity index (χ1n) is 9.09. The predicted octanol–water partition coefficient (Wildman–Crippen LogP) is 1.54. The van der Waals surface area contributed by atoms with Crippen molar-refractivity contribution in [3.63, 3.8) is 0 Å². The molecule has 124 valence electrons. The van der Waals surface area contributed by atoms with Gasteiger partial charge in [0.1, 0.15) is 0 Å². The van der Waals surface area contributed by atoms with Crippen molar-refractivity contribution in [3.8, 4) is 0 Å². The van der Waals surface area contributed by atoms with Crippen LogP contribution in [0.25, 0.3) is 0 Å². The van der Waals surface area contributed by atoms with Gasteiger partial charge >= 0.3 is 0 Å². The second kappa shape index (κ2) is 9.09. The standard InChI is InChI=1S/C17H35N3O/c1-3-19(4-2)14-15-8-10-18-13-17(15)20-11-6-5-7-16(20)9-12-21/h15-18,21H,3-14H2,1-2H3. The third kappa shape index (κ3) is 4.65. The zero-order chi connectivity index (χ0) is 15.1. The summed E-state index contributed by atoms with van der Waals surface area (Å²) in [6, 6.07) is 1.27. The normalized spacial score (nSPS) is 31.7. The van der Waals surface area contributed by atoms with E-state index in [2.05, 4.69) is 29.0 Å². The Bertz CT molecular complexity index is 281. The molecule has 0 aliphatic carbocycles. The van der Waals surface area contributed by atoms with Crippen molar-refractivity contribution < 1.29 is 5.11 Å². The maximum atomic E-state index is 9.37. The highest BCUT2D eigenvalue weighted by Crippen LogP contribution is 2.28. The van der Waals surface area contributed by atoms with Crippen LogP contribution in [0.3, 0.4) is 0 Å². The molecule has 3 atom stereocenters.